The lowest BCUT2D eigenvalue weighted by Crippen LogP contribution is -2.44. The van der Waals surface area contributed by atoms with Crippen LogP contribution in [0, 0.1) is 0 Å². The number of imidazole rings is 1. The van der Waals surface area contributed by atoms with Crippen LogP contribution in [0.25, 0.3) is 11.0 Å². The number of rotatable bonds is 8. The van der Waals surface area contributed by atoms with Gasteiger partial charge in [-0.05, 0) is 43.0 Å². The van der Waals surface area contributed by atoms with Crippen LogP contribution in [0.2, 0.25) is 0 Å². The minimum absolute atomic E-state index is 0.317. The first-order valence-electron chi connectivity index (χ1n) is 12.7. The first-order valence-corrected chi connectivity index (χ1v) is 13.6. The van der Waals surface area contributed by atoms with Crippen LogP contribution in [0.4, 0.5) is 5.82 Å². The van der Waals surface area contributed by atoms with Gasteiger partial charge in [-0.1, -0.05) is 37.2 Å². The number of para-hydroxylation sites is 2. The SMILES string of the molecule is CCCc1cc(N2CCC(NCC(O)c3nc4ccccc4n3C)CC2)nc2c1C(N)C(C(N)=O)S2. The molecule has 3 aromatic rings. The molecule has 0 radical (unpaired) electrons. The molecule has 6 N–H and O–H groups in total. The van der Waals surface area contributed by atoms with E-state index in [1.54, 1.807) is 0 Å². The number of piperidine rings is 1. The van der Waals surface area contributed by atoms with E-state index in [2.05, 4.69) is 28.2 Å². The molecule has 9 nitrogen and oxygen atoms in total. The van der Waals surface area contributed by atoms with Crippen LogP contribution >= 0.6 is 11.8 Å². The summed E-state index contributed by atoms with van der Waals surface area (Å²) >= 11 is 1.40. The fourth-order valence-corrected chi connectivity index (χ4v) is 6.56. The minimum atomic E-state index is -0.671. The van der Waals surface area contributed by atoms with Crippen LogP contribution in [0.1, 0.15) is 55.3 Å². The number of benzene rings is 1. The van der Waals surface area contributed by atoms with Crippen molar-refractivity contribution in [1.82, 2.24) is 19.9 Å². The summed E-state index contributed by atoms with van der Waals surface area (Å²) in [4.78, 5) is 23.7. The summed E-state index contributed by atoms with van der Waals surface area (Å²) in [6, 6.07) is 9.99. The zero-order valence-corrected chi connectivity index (χ0v) is 21.7. The van der Waals surface area contributed by atoms with E-state index in [-0.39, 0.29) is 5.91 Å². The fourth-order valence-electron chi connectivity index (χ4n) is 5.38. The first-order chi connectivity index (χ1) is 17.4. The van der Waals surface area contributed by atoms with Gasteiger partial charge in [-0.3, -0.25) is 4.79 Å². The molecule has 0 bridgehead atoms. The monoisotopic (exact) mass is 509 g/mol. The number of nitrogens with one attached hydrogen (secondary N) is 1. The Morgan fingerprint density at radius 3 is 2.72 bits per heavy atom. The maximum atomic E-state index is 11.9. The van der Waals surface area contributed by atoms with Gasteiger partial charge in [-0.25, -0.2) is 9.97 Å². The van der Waals surface area contributed by atoms with Gasteiger partial charge < -0.3 is 31.4 Å². The Hall–Kier alpha value is -2.66. The standard InChI is InChI=1S/C26H35N7O2S/c1-3-6-15-13-20(31-26-21(15)22(27)23(36-26)24(28)35)33-11-9-16(10-12-33)29-14-19(34)25-30-17-7-4-5-8-18(17)32(25)2/h4-5,7-8,13,16,19,22-23,29,34H,3,6,9-12,14,27H2,1-2H3,(H2,28,35). The predicted octanol–water partition coefficient (Wildman–Crippen LogP) is 2.17. The number of aromatic nitrogens is 3. The normalized spacial score (nSPS) is 21.2. The Labute approximate surface area is 215 Å². The van der Waals surface area contributed by atoms with Crippen molar-refractivity contribution in [3.8, 4) is 0 Å². The molecule has 2 aromatic heterocycles. The van der Waals surface area contributed by atoms with Crippen molar-refractivity contribution in [3.63, 3.8) is 0 Å². The van der Waals surface area contributed by atoms with Gasteiger partial charge in [0.2, 0.25) is 5.91 Å². The van der Waals surface area contributed by atoms with E-state index in [1.807, 2.05) is 35.9 Å². The number of hydrogen-bond donors (Lipinski definition) is 4. The molecular weight excluding hydrogens is 474 g/mol. The number of fused-ring (bicyclic) bond motifs is 2. The maximum Gasteiger partial charge on any atom is 0.232 e. The molecule has 36 heavy (non-hydrogen) atoms. The molecule has 1 saturated heterocycles. The van der Waals surface area contributed by atoms with Gasteiger partial charge in [-0.15, -0.1) is 0 Å². The van der Waals surface area contributed by atoms with Crippen molar-refractivity contribution < 1.29 is 9.90 Å². The van der Waals surface area contributed by atoms with Crippen molar-refractivity contribution in [2.45, 2.75) is 61.1 Å². The summed E-state index contributed by atoms with van der Waals surface area (Å²) < 4.78 is 1.96. The third-order valence-electron chi connectivity index (χ3n) is 7.33. The smallest absolute Gasteiger partial charge is 0.232 e. The molecule has 1 fully saturated rings. The molecule has 192 valence electrons. The van der Waals surface area contributed by atoms with E-state index in [0.717, 1.165) is 66.2 Å². The molecule has 0 saturated carbocycles. The fraction of sp³-hybridized carbons (Fsp3) is 0.500. The molecule has 3 unspecified atom stereocenters. The van der Waals surface area contributed by atoms with E-state index in [4.69, 9.17) is 16.5 Å². The summed E-state index contributed by atoms with van der Waals surface area (Å²) in [7, 11) is 1.94. The Bertz CT molecular complexity index is 1250. The number of anilines is 1. The van der Waals surface area contributed by atoms with Gasteiger partial charge in [0.1, 0.15) is 28.0 Å². The van der Waals surface area contributed by atoms with E-state index < -0.39 is 17.4 Å². The largest absolute Gasteiger partial charge is 0.384 e. The van der Waals surface area contributed by atoms with E-state index >= 15 is 0 Å². The summed E-state index contributed by atoms with van der Waals surface area (Å²) in [5, 5.41) is 14.7. The van der Waals surface area contributed by atoms with Gasteiger partial charge in [0.05, 0.1) is 17.1 Å². The molecule has 2 aliphatic rings. The highest BCUT2D eigenvalue weighted by Gasteiger charge is 2.38. The molecule has 3 atom stereocenters. The van der Waals surface area contributed by atoms with Crippen LogP contribution in [-0.4, -0.2) is 56.5 Å². The zero-order valence-electron chi connectivity index (χ0n) is 20.9. The van der Waals surface area contributed by atoms with E-state index in [0.29, 0.717) is 18.4 Å². The lowest BCUT2D eigenvalue weighted by atomic mass is 9.97. The van der Waals surface area contributed by atoms with Crippen LogP contribution < -0.4 is 21.7 Å². The second kappa shape index (κ2) is 10.4. The third kappa shape index (κ3) is 4.70. The Balaban J connectivity index is 1.22. The number of aliphatic hydroxyl groups is 1. The van der Waals surface area contributed by atoms with Crippen molar-refractivity contribution in [2.75, 3.05) is 24.5 Å². The average Bonchev–Trinajstić information content (AvgIpc) is 3.40. The summed E-state index contributed by atoms with van der Waals surface area (Å²) in [6.07, 6.45) is 3.13. The summed E-state index contributed by atoms with van der Waals surface area (Å²) in [6.45, 7) is 4.34. The van der Waals surface area contributed by atoms with Gasteiger partial charge in [0.15, 0.2) is 0 Å². The highest BCUT2D eigenvalue weighted by Crippen LogP contribution is 2.45. The second-order valence-corrected chi connectivity index (χ2v) is 10.9. The number of pyridine rings is 1. The Kier molecular flexibility index (Phi) is 7.21. The minimum Gasteiger partial charge on any atom is -0.384 e. The van der Waals surface area contributed by atoms with Gasteiger partial charge in [-0.2, -0.15) is 0 Å². The topological polar surface area (TPSA) is 135 Å². The first kappa shape index (κ1) is 25.0. The number of nitrogens with zero attached hydrogens (tertiary/aromatic N) is 4. The van der Waals surface area contributed by atoms with Crippen molar-refractivity contribution in [3.05, 3.63) is 47.3 Å². The number of aryl methyl sites for hydroxylation is 2. The lowest BCUT2D eigenvalue weighted by Gasteiger charge is -2.34. The molecule has 10 heteroatoms. The van der Waals surface area contributed by atoms with Gasteiger partial charge in [0.25, 0.3) is 0 Å². The van der Waals surface area contributed by atoms with Crippen LogP contribution in [0.15, 0.2) is 35.4 Å². The number of thioether (sulfide) groups is 1. The van der Waals surface area contributed by atoms with Crippen LogP contribution in [0.5, 0.6) is 0 Å². The molecule has 1 aromatic carbocycles. The van der Waals surface area contributed by atoms with Gasteiger partial charge in [0, 0.05) is 38.3 Å². The predicted molar refractivity (Wildman–Crippen MR) is 143 cm³/mol. The summed E-state index contributed by atoms with van der Waals surface area (Å²) in [5.41, 5.74) is 16.1. The second-order valence-electron chi connectivity index (χ2n) is 9.78. The zero-order chi connectivity index (χ0) is 25.4. The third-order valence-corrected chi connectivity index (χ3v) is 8.65. The molecule has 0 aliphatic carbocycles. The van der Waals surface area contributed by atoms with Crippen LogP contribution in [0.3, 0.4) is 0 Å². The van der Waals surface area contributed by atoms with Crippen LogP contribution in [-0.2, 0) is 18.3 Å². The van der Waals surface area contributed by atoms with Gasteiger partial charge >= 0.3 is 0 Å². The average molecular weight is 510 g/mol. The number of carbonyl (C=O) groups excluding carboxylic acids is 1. The number of nitrogens with two attached hydrogens (primary N) is 2. The maximum absolute atomic E-state index is 11.9. The lowest BCUT2D eigenvalue weighted by molar-refractivity contribution is -0.117. The number of hydrogen-bond acceptors (Lipinski definition) is 8. The number of primary amides is 1. The van der Waals surface area contributed by atoms with Crippen molar-refractivity contribution in [1.29, 1.82) is 0 Å². The number of aliphatic hydroxyl groups excluding tert-OH is 1. The van der Waals surface area contributed by atoms with Crippen molar-refractivity contribution in [2.24, 2.45) is 18.5 Å². The number of amides is 1. The summed E-state index contributed by atoms with van der Waals surface area (Å²) in [5.74, 6) is 1.24. The molecule has 4 heterocycles. The molecule has 5 rings (SSSR count). The molecule has 1 amide bonds. The molecular formula is C26H35N7O2S. The van der Waals surface area contributed by atoms with E-state index in [9.17, 15) is 9.90 Å². The Morgan fingerprint density at radius 1 is 1.28 bits per heavy atom. The quantitative estimate of drug-likeness (QED) is 0.363. The highest BCUT2D eigenvalue weighted by atomic mass is 32.2. The van der Waals surface area contributed by atoms with E-state index in [1.165, 1.54) is 17.3 Å². The Morgan fingerprint density at radius 2 is 2.03 bits per heavy atom. The molecule has 0 spiro atoms. The number of carbonyl (C=O) groups is 1. The highest BCUT2D eigenvalue weighted by molar-refractivity contribution is 8.01. The van der Waals surface area contributed by atoms with Crippen molar-refractivity contribution >= 4 is 34.5 Å². The molecule has 2 aliphatic heterocycles.